The van der Waals surface area contributed by atoms with Crippen molar-refractivity contribution in [2.24, 2.45) is 11.7 Å². The summed E-state index contributed by atoms with van der Waals surface area (Å²) in [6.07, 6.45) is 4.14. The van der Waals surface area contributed by atoms with E-state index in [1.165, 1.54) is 25.3 Å². The van der Waals surface area contributed by atoms with Crippen molar-refractivity contribution >= 4 is 5.91 Å². The molecule has 1 amide bonds. The maximum atomic E-state index is 13.3. The van der Waals surface area contributed by atoms with Gasteiger partial charge in [0.25, 0.3) is 5.91 Å². The number of benzene rings is 1. The summed E-state index contributed by atoms with van der Waals surface area (Å²) in [4.78, 5) is 12.0. The summed E-state index contributed by atoms with van der Waals surface area (Å²) in [5.41, 5.74) is 6.27. The molecule has 0 aliphatic heterocycles. The van der Waals surface area contributed by atoms with Crippen molar-refractivity contribution in [2.45, 2.75) is 31.7 Å². The number of halogens is 1. The summed E-state index contributed by atoms with van der Waals surface area (Å²) in [6.45, 7) is 0.644. The second kappa shape index (κ2) is 6.70. The highest BCUT2D eigenvalue weighted by molar-refractivity contribution is 5.94. The molecule has 1 saturated carbocycles. The Labute approximate surface area is 118 Å². The first-order valence-corrected chi connectivity index (χ1v) is 6.97. The lowest BCUT2D eigenvalue weighted by atomic mass is 9.86. The Balaban J connectivity index is 1.88. The summed E-state index contributed by atoms with van der Waals surface area (Å²) in [5, 5.41) is 2.90. The second-order valence-corrected chi connectivity index (χ2v) is 5.34. The maximum Gasteiger partial charge on any atom is 0.251 e. The van der Waals surface area contributed by atoms with Gasteiger partial charge in [0.1, 0.15) is 0 Å². The number of hydrogen-bond acceptors (Lipinski definition) is 3. The number of nitrogens with one attached hydrogen (secondary N) is 1. The summed E-state index contributed by atoms with van der Waals surface area (Å²) in [5.74, 6) is -0.0918. The third kappa shape index (κ3) is 3.70. The van der Waals surface area contributed by atoms with Crippen LogP contribution >= 0.6 is 0 Å². The first-order valence-electron chi connectivity index (χ1n) is 6.97. The minimum absolute atomic E-state index is 0.0845. The van der Waals surface area contributed by atoms with E-state index >= 15 is 0 Å². The topological polar surface area (TPSA) is 64.3 Å². The quantitative estimate of drug-likeness (QED) is 0.887. The third-order valence-electron chi connectivity index (χ3n) is 3.86. The van der Waals surface area contributed by atoms with Crippen LogP contribution in [0.5, 0.6) is 5.75 Å². The van der Waals surface area contributed by atoms with Gasteiger partial charge in [-0.2, -0.15) is 0 Å². The van der Waals surface area contributed by atoms with E-state index in [9.17, 15) is 9.18 Å². The van der Waals surface area contributed by atoms with E-state index in [1.54, 1.807) is 0 Å². The van der Waals surface area contributed by atoms with Crippen molar-refractivity contribution < 1.29 is 13.9 Å². The Morgan fingerprint density at radius 3 is 2.75 bits per heavy atom. The van der Waals surface area contributed by atoms with Gasteiger partial charge < -0.3 is 15.8 Å². The molecule has 2 rings (SSSR count). The van der Waals surface area contributed by atoms with Gasteiger partial charge in [-0.05, 0) is 49.8 Å². The Morgan fingerprint density at radius 1 is 1.40 bits per heavy atom. The molecule has 4 nitrogen and oxygen atoms in total. The average Bonchev–Trinajstić information content (AvgIpc) is 2.47. The molecule has 110 valence electrons. The van der Waals surface area contributed by atoms with Gasteiger partial charge in [-0.15, -0.1) is 0 Å². The van der Waals surface area contributed by atoms with E-state index in [-0.39, 0.29) is 11.7 Å². The molecule has 0 saturated heterocycles. The van der Waals surface area contributed by atoms with Crippen molar-refractivity contribution in [3.05, 3.63) is 29.6 Å². The normalized spacial score (nSPS) is 22.4. The molecule has 5 heteroatoms. The number of nitrogens with two attached hydrogens (primary N) is 1. The van der Waals surface area contributed by atoms with Crippen LogP contribution in [0.15, 0.2) is 18.2 Å². The monoisotopic (exact) mass is 280 g/mol. The standard InChI is InChI=1S/C15H21FN2O2/c1-20-14-8-11(4-7-13(14)16)15(19)18-9-10-2-5-12(17)6-3-10/h4,7-8,10,12H,2-3,5-6,9,17H2,1H3,(H,18,19). The van der Waals surface area contributed by atoms with Crippen LogP contribution in [-0.2, 0) is 0 Å². The van der Waals surface area contributed by atoms with Crippen LogP contribution in [0.25, 0.3) is 0 Å². The van der Waals surface area contributed by atoms with E-state index in [0.29, 0.717) is 24.1 Å². The van der Waals surface area contributed by atoms with Crippen LogP contribution in [0.2, 0.25) is 0 Å². The number of rotatable bonds is 4. The van der Waals surface area contributed by atoms with Crippen LogP contribution in [0.4, 0.5) is 4.39 Å². The number of ether oxygens (including phenoxy) is 1. The van der Waals surface area contributed by atoms with Crippen molar-refractivity contribution in [2.75, 3.05) is 13.7 Å². The SMILES string of the molecule is COc1cc(C(=O)NCC2CCC(N)CC2)ccc1F. The molecule has 0 spiro atoms. The number of methoxy groups -OCH3 is 1. The van der Waals surface area contributed by atoms with Gasteiger partial charge in [0, 0.05) is 18.2 Å². The summed E-state index contributed by atoms with van der Waals surface area (Å²) in [7, 11) is 1.38. The van der Waals surface area contributed by atoms with Gasteiger partial charge in [0.15, 0.2) is 11.6 Å². The fourth-order valence-corrected chi connectivity index (χ4v) is 2.53. The second-order valence-electron chi connectivity index (χ2n) is 5.34. The van der Waals surface area contributed by atoms with Crippen LogP contribution < -0.4 is 15.8 Å². The van der Waals surface area contributed by atoms with Crippen LogP contribution in [0.1, 0.15) is 36.0 Å². The fraction of sp³-hybridized carbons (Fsp3) is 0.533. The molecular formula is C15H21FN2O2. The molecular weight excluding hydrogens is 259 g/mol. The first-order chi connectivity index (χ1) is 9.60. The summed E-state index contributed by atoms with van der Waals surface area (Å²) >= 11 is 0. The Morgan fingerprint density at radius 2 is 2.10 bits per heavy atom. The van der Waals surface area contributed by atoms with E-state index in [2.05, 4.69) is 5.32 Å². The molecule has 0 aromatic heterocycles. The van der Waals surface area contributed by atoms with Crippen molar-refractivity contribution in [3.8, 4) is 5.75 Å². The highest BCUT2D eigenvalue weighted by Gasteiger charge is 2.19. The van der Waals surface area contributed by atoms with E-state index in [1.807, 2.05) is 0 Å². The maximum absolute atomic E-state index is 13.3. The number of carbonyl (C=O) groups excluding carboxylic acids is 1. The molecule has 1 aromatic carbocycles. The molecule has 0 radical (unpaired) electrons. The van der Waals surface area contributed by atoms with Gasteiger partial charge in [0.05, 0.1) is 7.11 Å². The van der Waals surface area contributed by atoms with Gasteiger partial charge in [-0.3, -0.25) is 4.79 Å². The molecule has 0 heterocycles. The minimum atomic E-state index is -0.467. The summed E-state index contributed by atoms with van der Waals surface area (Å²) < 4.78 is 18.2. The lowest BCUT2D eigenvalue weighted by molar-refractivity contribution is 0.0942. The minimum Gasteiger partial charge on any atom is -0.494 e. The molecule has 1 fully saturated rings. The van der Waals surface area contributed by atoms with E-state index in [0.717, 1.165) is 25.7 Å². The Kier molecular flexibility index (Phi) is 4.95. The Hall–Kier alpha value is -1.62. The fourth-order valence-electron chi connectivity index (χ4n) is 2.53. The van der Waals surface area contributed by atoms with Gasteiger partial charge >= 0.3 is 0 Å². The van der Waals surface area contributed by atoms with Crippen LogP contribution in [0.3, 0.4) is 0 Å². The first kappa shape index (κ1) is 14.8. The highest BCUT2D eigenvalue weighted by atomic mass is 19.1. The van der Waals surface area contributed by atoms with Gasteiger partial charge in [0.2, 0.25) is 0 Å². The van der Waals surface area contributed by atoms with Crippen LogP contribution in [-0.4, -0.2) is 25.6 Å². The highest BCUT2D eigenvalue weighted by Crippen LogP contribution is 2.23. The molecule has 20 heavy (non-hydrogen) atoms. The average molecular weight is 280 g/mol. The van der Waals surface area contributed by atoms with Crippen molar-refractivity contribution in [1.29, 1.82) is 0 Å². The molecule has 0 bridgehead atoms. The third-order valence-corrected chi connectivity index (χ3v) is 3.86. The zero-order valence-electron chi connectivity index (χ0n) is 11.7. The predicted octanol–water partition coefficient (Wildman–Crippen LogP) is 2.08. The lowest BCUT2D eigenvalue weighted by Crippen LogP contribution is -2.34. The number of amides is 1. The lowest BCUT2D eigenvalue weighted by Gasteiger charge is -2.26. The van der Waals surface area contributed by atoms with E-state index in [4.69, 9.17) is 10.5 Å². The number of hydrogen-bond donors (Lipinski definition) is 2. The molecule has 1 aliphatic rings. The molecule has 1 aromatic rings. The van der Waals surface area contributed by atoms with Gasteiger partial charge in [-0.25, -0.2) is 4.39 Å². The predicted molar refractivity (Wildman–Crippen MR) is 75.2 cm³/mol. The van der Waals surface area contributed by atoms with Crippen molar-refractivity contribution in [3.63, 3.8) is 0 Å². The summed E-state index contributed by atoms with van der Waals surface area (Å²) in [6, 6.07) is 4.43. The van der Waals surface area contributed by atoms with Crippen LogP contribution in [0, 0.1) is 11.7 Å². The number of carbonyl (C=O) groups is 1. The van der Waals surface area contributed by atoms with Gasteiger partial charge in [-0.1, -0.05) is 0 Å². The van der Waals surface area contributed by atoms with E-state index < -0.39 is 5.82 Å². The zero-order chi connectivity index (χ0) is 14.5. The molecule has 0 atom stereocenters. The molecule has 0 unspecified atom stereocenters. The molecule has 1 aliphatic carbocycles. The molecule has 3 N–H and O–H groups in total. The zero-order valence-corrected chi connectivity index (χ0v) is 11.7. The van der Waals surface area contributed by atoms with Crippen molar-refractivity contribution in [1.82, 2.24) is 5.32 Å². The Bertz CT molecular complexity index is 471. The largest absolute Gasteiger partial charge is 0.494 e. The smallest absolute Gasteiger partial charge is 0.251 e.